The summed E-state index contributed by atoms with van der Waals surface area (Å²) >= 11 is 1.60. The Morgan fingerprint density at radius 1 is 1.05 bits per heavy atom. The van der Waals surface area contributed by atoms with Crippen molar-refractivity contribution in [2.75, 3.05) is 11.5 Å². The largest absolute Gasteiger partial charge is 0.493 e. The third-order valence-electron chi connectivity index (χ3n) is 10.5. The second-order valence-corrected chi connectivity index (χ2v) is 15.3. The summed E-state index contributed by atoms with van der Waals surface area (Å²) in [5.41, 5.74) is 15.6. The summed E-state index contributed by atoms with van der Waals surface area (Å²) in [6.45, 7) is 5.23. The highest BCUT2D eigenvalue weighted by Crippen LogP contribution is 2.39. The van der Waals surface area contributed by atoms with Crippen molar-refractivity contribution in [2.45, 2.75) is 109 Å². The van der Waals surface area contributed by atoms with Gasteiger partial charge in [0.15, 0.2) is 0 Å². The number of nitrogens with zero attached hydrogens (tertiary/aromatic N) is 2. The van der Waals surface area contributed by atoms with Crippen LogP contribution in [0, 0.1) is 6.92 Å². The molecular weight excluding hydrogens is 715 g/mol. The maximum atomic E-state index is 13.8. The van der Waals surface area contributed by atoms with Crippen molar-refractivity contribution in [1.29, 1.82) is 0 Å². The van der Waals surface area contributed by atoms with E-state index in [4.69, 9.17) is 15.2 Å². The molecule has 0 radical (unpaired) electrons. The molecule has 3 heterocycles. The second kappa shape index (κ2) is 19.0. The van der Waals surface area contributed by atoms with Crippen LogP contribution in [-0.4, -0.2) is 53.9 Å². The van der Waals surface area contributed by atoms with Gasteiger partial charge in [0.05, 0.1) is 47.1 Å². The molecule has 3 atom stereocenters. The highest BCUT2D eigenvalue weighted by molar-refractivity contribution is 7.13. The van der Waals surface area contributed by atoms with Crippen LogP contribution in [0.2, 0.25) is 0 Å². The molecule has 55 heavy (non-hydrogen) atoms. The number of hydrogen-bond donors (Lipinski definition) is 3. The van der Waals surface area contributed by atoms with Crippen LogP contribution in [0.5, 0.6) is 5.75 Å². The lowest BCUT2D eigenvalue weighted by Gasteiger charge is -2.29. The Bertz CT molecular complexity index is 1960. The van der Waals surface area contributed by atoms with Crippen LogP contribution in [0.3, 0.4) is 0 Å². The van der Waals surface area contributed by atoms with Crippen molar-refractivity contribution in [2.24, 2.45) is 5.73 Å². The molecule has 0 spiro atoms. The normalized spacial score (nSPS) is 15.9. The lowest BCUT2D eigenvalue weighted by molar-refractivity contribution is -0.128. The Labute approximate surface area is 327 Å². The fraction of sp³-hybridized carbons (Fsp3) is 0.419. The van der Waals surface area contributed by atoms with E-state index >= 15 is 0 Å². The van der Waals surface area contributed by atoms with Gasteiger partial charge in [-0.25, -0.2) is 4.98 Å². The number of amides is 4. The summed E-state index contributed by atoms with van der Waals surface area (Å²) in [4.78, 5) is 56.7. The van der Waals surface area contributed by atoms with Gasteiger partial charge in [-0.05, 0) is 92.7 Å². The number of anilines is 1. The second-order valence-electron chi connectivity index (χ2n) is 14.5. The molecule has 0 aliphatic carbocycles. The fourth-order valence-corrected chi connectivity index (χ4v) is 8.28. The lowest BCUT2D eigenvalue weighted by Crippen LogP contribution is -2.53. The predicted molar refractivity (Wildman–Crippen MR) is 214 cm³/mol. The van der Waals surface area contributed by atoms with Gasteiger partial charge in [-0.15, -0.1) is 11.3 Å². The molecule has 3 aromatic carbocycles. The molecular formula is C43H51N5O6S. The van der Waals surface area contributed by atoms with E-state index in [2.05, 4.69) is 39.9 Å². The van der Waals surface area contributed by atoms with E-state index in [1.165, 1.54) is 5.56 Å². The van der Waals surface area contributed by atoms with Gasteiger partial charge in [0, 0.05) is 31.4 Å². The molecule has 2 aliphatic rings. The zero-order chi connectivity index (χ0) is 38.7. The minimum Gasteiger partial charge on any atom is -0.493 e. The molecule has 2 aliphatic heterocycles. The van der Waals surface area contributed by atoms with Crippen molar-refractivity contribution in [3.05, 3.63) is 99.7 Å². The number of para-hydroxylation sites is 1. The SMILES string of the molecule is Cc1ncsc1-c1ccc(CNC=O)c(OCCCCCc2ccc(CO[C@H](C)[C@H](CCC(N)=O)NC(=O)[C@@H]3Cc4cccc5c4N3C(=O)CCC5)cc2)c1. The molecule has 12 heteroatoms. The summed E-state index contributed by atoms with van der Waals surface area (Å²) in [6.07, 6.45) is 7.07. The standard InChI is InChI=1S/C43H51N5O6S/c1-28-42(55-27-46-28)34-17-18-35(24-45-26-49)38(23-34)53-21-5-3-4-8-30-13-15-31(16-14-30)25-54-29(2)36(19-20-39(44)50)47-43(52)37-22-33-11-6-9-32-10-7-12-40(51)48(37)41(32)33/h6,9,11,13-18,23,26-27,29,36-37H,3-5,7-8,10,12,19-22,24-25H2,1-2H3,(H2,44,50)(H,45,49)(H,47,52)/t29-,36+,37+/m1/s1. The van der Waals surface area contributed by atoms with Gasteiger partial charge in [-0.3, -0.25) is 24.1 Å². The average Bonchev–Trinajstić information content (AvgIpc) is 3.76. The van der Waals surface area contributed by atoms with Gasteiger partial charge in [0.25, 0.3) is 0 Å². The van der Waals surface area contributed by atoms with E-state index in [-0.39, 0.29) is 18.2 Å². The molecule has 6 rings (SSSR count). The number of carbonyl (C=O) groups excluding carboxylic acids is 4. The van der Waals surface area contributed by atoms with Crippen LogP contribution in [0.15, 0.2) is 66.2 Å². The van der Waals surface area contributed by atoms with Gasteiger partial charge >= 0.3 is 0 Å². The smallest absolute Gasteiger partial charge is 0.243 e. The average molecular weight is 766 g/mol. The highest BCUT2D eigenvalue weighted by Gasteiger charge is 2.41. The molecule has 0 saturated carbocycles. The Morgan fingerprint density at radius 3 is 2.62 bits per heavy atom. The van der Waals surface area contributed by atoms with Crippen molar-refractivity contribution < 1.29 is 28.7 Å². The molecule has 0 saturated heterocycles. The van der Waals surface area contributed by atoms with Crippen LogP contribution in [0.1, 0.15) is 85.4 Å². The fourth-order valence-electron chi connectivity index (χ4n) is 7.48. The molecule has 4 N–H and O–H groups in total. The van der Waals surface area contributed by atoms with Crippen molar-refractivity contribution in [1.82, 2.24) is 15.6 Å². The van der Waals surface area contributed by atoms with E-state index in [0.29, 0.717) is 45.4 Å². The number of nitrogens with two attached hydrogens (primary N) is 1. The maximum Gasteiger partial charge on any atom is 0.243 e. The van der Waals surface area contributed by atoms with Crippen molar-refractivity contribution in [3.8, 4) is 16.2 Å². The third kappa shape index (κ3) is 10.2. The first-order valence-corrected chi connectivity index (χ1v) is 20.1. The monoisotopic (exact) mass is 765 g/mol. The molecule has 11 nitrogen and oxygen atoms in total. The van der Waals surface area contributed by atoms with Crippen LogP contribution in [0.25, 0.3) is 10.4 Å². The van der Waals surface area contributed by atoms with E-state index in [0.717, 1.165) is 88.4 Å². The van der Waals surface area contributed by atoms with E-state index in [1.807, 2.05) is 55.8 Å². The number of hydrogen-bond acceptors (Lipinski definition) is 8. The number of carbonyl (C=O) groups is 4. The maximum absolute atomic E-state index is 13.8. The number of ether oxygens (including phenoxy) is 2. The van der Waals surface area contributed by atoms with Gasteiger partial charge in [0.2, 0.25) is 24.1 Å². The molecule has 1 aromatic heterocycles. The van der Waals surface area contributed by atoms with E-state index in [9.17, 15) is 19.2 Å². The van der Waals surface area contributed by atoms with Gasteiger partial charge in [-0.2, -0.15) is 0 Å². The van der Waals surface area contributed by atoms with Crippen LogP contribution in [0.4, 0.5) is 5.69 Å². The van der Waals surface area contributed by atoms with Gasteiger partial charge < -0.3 is 25.8 Å². The Balaban J connectivity index is 0.961. The van der Waals surface area contributed by atoms with Crippen LogP contribution >= 0.6 is 11.3 Å². The Kier molecular flexibility index (Phi) is 13.7. The number of primary amides is 1. The molecule has 290 valence electrons. The molecule has 0 fully saturated rings. The number of unbranched alkanes of at least 4 members (excludes halogenated alkanes) is 2. The topological polar surface area (TPSA) is 153 Å². The zero-order valence-corrected chi connectivity index (χ0v) is 32.5. The quantitative estimate of drug-likeness (QED) is 0.0726. The molecule has 0 bridgehead atoms. The van der Waals surface area contributed by atoms with Crippen molar-refractivity contribution in [3.63, 3.8) is 0 Å². The Hall–Kier alpha value is -5.07. The molecule has 4 aromatic rings. The van der Waals surface area contributed by atoms with Crippen LogP contribution in [-0.2, 0) is 56.3 Å². The number of rotatable bonds is 20. The molecule has 0 unspecified atom stereocenters. The van der Waals surface area contributed by atoms with Gasteiger partial charge in [0.1, 0.15) is 11.8 Å². The first-order valence-electron chi connectivity index (χ1n) is 19.3. The minimum atomic E-state index is -0.634. The van der Waals surface area contributed by atoms with Gasteiger partial charge in [-0.1, -0.05) is 54.6 Å². The predicted octanol–water partition coefficient (Wildman–Crippen LogP) is 6.11. The number of thiazole rings is 1. The van der Waals surface area contributed by atoms with E-state index < -0.39 is 24.1 Å². The number of aromatic nitrogens is 1. The number of benzene rings is 3. The Morgan fingerprint density at radius 2 is 1.85 bits per heavy atom. The molecule has 4 amide bonds. The summed E-state index contributed by atoms with van der Waals surface area (Å²) in [7, 11) is 0. The van der Waals surface area contributed by atoms with Crippen LogP contribution < -0.4 is 26.0 Å². The highest BCUT2D eigenvalue weighted by atomic mass is 32.1. The van der Waals surface area contributed by atoms with Crippen molar-refractivity contribution >= 4 is 41.2 Å². The first kappa shape index (κ1) is 39.6. The number of nitrogens with one attached hydrogen (secondary N) is 2. The number of aryl methyl sites for hydroxylation is 3. The summed E-state index contributed by atoms with van der Waals surface area (Å²) in [6, 6.07) is 19.4. The first-order chi connectivity index (χ1) is 26.7. The summed E-state index contributed by atoms with van der Waals surface area (Å²) in [5, 5.41) is 5.86. The summed E-state index contributed by atoms with van der Waals surface area (Å²) in [5.74, 6) is 0.0613. The lowest BCUT2D eigenvalue weighted by atomic mass is 10.0. The zero-order valence-electron chi connectivity index (χ0n) is 31.7. The summed E-state index contributed by atoms with van der Waals surface area (Å²) < 4.78 is 12.5. The third-order valence-corrected chi connectivity index (χ3v) is 11.5. The van der Waals surface area contributed by atoms with E-state index in [1.54, 1.807) is 16.2 Å². The minimum absolute atomic E-state index is 0.0287.